The van der Waals surface area contributed by atoms with Crippen LogP contribution in [0.2, 0.25) is 0 Å². The van der Waals surface area contributed by atoms with E-state index in [1.807, 2.05) is 6.92 Å². The highest BCUT2D eigenvalue weighted by molar-refractivity contribution is 7.89. The maximum absolute atomic E-state index is 13.5. The Morgan fingerprint density at radius 2 is 2.09 bits per heavy atom. The Morgan fingerprint density at radius 1 is 1.26 bits per heavy atom. The van der Waals surface area contributed by atoms with E-state index < -0.39 is 15.9 Å². The number of thiophene rings is 1. The highest BCUT2D eigenvalue weighted by Gasteiger charge is 2.35. The first kappa shape index (κ1) is 22.8. The zero-order valence-corrected chi connectivity index (χ0v) is 20.4. The molecule has 1 fully saturated rings. The average Bonchev–Trinajstić information content (AvgIpc) is 3.58. The first-order valence-corrected chi connectivity index (χ1v) is 13.2. The van der Waals surface area contributed by atoms with Crippen molar-refractivity contribution >= 4 is 33.0 Å². The molecule has 0 bridgehead atoms. The summed E-state index contributed by atoms with van der Waals surface area (Å²) in [5, 5.41) is 6.83. The summed E-state index contributed by atoms with van der Waals surface area (Å²) in [5.41, 5.74) is 0.583. The first-order chi connectivity index (χ1) is 16.3. The van der Waals surface area contributed by atoms with Crippen molar-refractivity contribution in [1.82, 2.24) is 14.4 Å². The Bertz CT molecular complexity index is 1330. The van der Waals surface area contributed by atoms with Crippen LogP contribution in [0.3, 0.4) is 0 Å². The zero-order valence-electron chi connectivity index (χ0n) is 18.7. The SMILES string of the molecule is CCc1nc(-c2cc(S(=O)(=O)N3CCC[C@@H](C(=O)Nc4ccc5c(c4)OCO5)C3)c(C)s2)no1. The number of nitrogens with zero attached hydrogens (tertiary/aromatic N) is 3. The molecule has 1 N–H and O–H groups in total. The molecule has 0 unspecified atom stereocenters. The quantitative estimate of drug-likeness (QED) is 0.541. The van der Waals surface area contributed by atoms with Crippen molar-refractivity contribution in [2.75, 3.05) is 25.2 Å². The molecule has 2 aliphatic heterocycles. The van der Waals surface area contributed by atoms with Crippen LogP contribution in [-0.4, -0.2) is 48.7 Å². The lowest BCUT2D eigenvalue weighted by atomic mass is 9.98. The molecule has 1 aromatic carbocycles. The van der Waals surface area contributed by atoms with Gasteiger partial charge in [-0.15, -0.1) is 11.3 Å². The van der Waals surface area contributed by atoms with Crippen molar-refractivity contribution in [3.63, 3.8) is 0 Å². The molecule has 1 atom stereocenters. The summed E-state index contributed by atoms with van der Waals surface area (Å²) in [7, 11) is -3.78. The van der Waals surface area contributed by atoms with Gasteiger partial charge in [0.15, 0.2) is 11.5 Å². The zero-order chi connectivity index (χ0) is 23.9. The van der Waals surface area contributed by atoms with Gasteiger partial charge in [0.25, 0.3) is 0 Å². The average molecular weight is 505 g/mol. The predicted octanol–water partition coefficient (Wildman–Crippen LogP) is 3.44. The van der Waals surface area contributed by atoms with Crippen molar-refractivity contribution in [3.05, 3.63) is 35.0 Å². The van der Waals surface area contributed by atoms with Crippen LogP contribution in [0.25, 0.3) is 10.7 Å². The van der Waals surface area contributed by atoms with Gasteiger partial charge in [0.1, 0.15) is 0 Å². The number of carbonyl (C=O) groups excluding carboxylic acids is 1. The molecule has 2 aliphatic rings. The number of piperidine rings is 1. The van der Waals surface area contributed by atoms with E-state index in [1.165, 1.54) is 15.6 Å². The lowest BCUT2D eigenvalue weighted by molar-refractivity contribution is -0.120. The standard InChI is InChI=1S/C22H24N4O6S2/c1-3-20-24-21(25-32-20)18-10-19(13(2)33-18)34(28,29)26-8-4-5-14(11-26)22(27)23-15-6-7-16-17(9-15)31-12-30-16/h6-7,9-10,14H,3-5,8,11-12H2,1-2H3,(H,23,27)/t14-/m1/s1. The third kappa shape index (κ3) is 4.28. The van der Waals surface area contributed by atoms with E-state index in [1.54, 1.807) is 31.2 Å². The largest absolute Gasteiger partial charge is 0.454 e. The van der Waals surface area contributed by atoms with E-state index >= 15 is 0 Å². The minimum Gasteiger partial charge on any atom is -0.454 e. The molecule has 3 aromatic rings. The molecular weight excluding hydrogens is 480 g/mol. The second kappa shape index (κ2) is 9.01. The molecule has 34 heavy (non-hydrogen) atoms. The summed E-state index contributed by atoms with van der Waals surface area (Å²) in [4.78, 5) is 18.7. The van der Waals surface area contributed by atoms with Gasteiger partial charge < -0.3 is 19.3 Å². The summed E-state index contributed by atoms with van der Waals surface area (Å²) in [6.45, 7) is 4.30. The number of nitrogens with one attached hydrogen (secondary N) is 1. The Hall–Kier alpha value is -2.96. The van der Waals surface area contributed by atoms with Crippen molar-refractivity contribution in [1.29, 1.82) is 0 Å². The topological polar surface area (TPSA) is 124 Å². The molecule has 4 heterocycles. The van der Waals surface area contributed by atoms with Crippen molar-refractivity contribution < 1.29 is 27.2 Å². The van der Waals surface area contributed by atoms with Crippen LogP contribution in [0.5, 0.6) is 11.5 Å². The van der Waals surface area contributed by atoms with Crippen LogP contribution < -0.4 is 14.8 Å². The van der Waals surface area contributed by atoms with Gasteiger partial charge in [-0.25, -0.2) is 8.42 Å². The Morgan fingerprint density at radius 3 is 2.88 bits per heavy atom. The molecule has 0 radical (unpaired) electrons. The van der Waals surface area contributed by atoms with Gasteiger partial charge in [0.2, 0.25) is 34.4 Å². The van der Waals surface area contributed by atoms with E-state index in [9.17, 15) is 13.2 Å². The molecule has 5 rings (SSSR count). The smallest absolute Gasteiger partial charge is 0.244 e. The second-order valence-corrected chi connectivity index (χ2v) is 11.3. The van der Waals surface area contributed by atoms with E-state index in [2.05, 4.69) is 15.5 Å². The normalized spacial score (nSPS) is 18.2. The fraction of sp³-hybridized carbons (Fsp3) is 0.409. The fourth-order valence-electron chi connectivity index (χ4n) is 4.06. The van der Waals surface area contributed by atoms with E-state index in [0.29, 0.717) is 64.5 Å². The van der Waals surface area contributed by atoms with E-state index in [0.717, 1.165) is 0 Å². The molecule has 0 spiro atoms. The van der Waals surface area contributed by atoms with Crippen molar-refractivity contribution in [2.24, 2.45) is 5.92 Å². The van der Waals surface area contributed by atoms with E-state index in [4.69, 9.17) is 14.0 Å². The van der Waals surface area contributed by atoms with Crippen LogP contribution in [-0.2, 0) is 21.2 Å². The number of hydrogen-bond donors (Lipinski definition) is 1. The summed E-state index contributed by atoms with van der Waals surface area (Å²) in [6.07, 6.45) is 1.81. The van der Waals surface area contributed by atoms with Crippen molar-refractivity contribution in [2.45, 2.75) is 38.0 Å². The fourth-order valence-corrected chi connectivity index (χ4v) is 7.07. The van der Waals surface area contributed by atoms with Crippen LogP contribution in [0.4, 0.5) is 5.69 Å². The molecule has 12 heteroatoms. The third-order valence-electron chi connectivity index (χ3n) is 5.88. The summed E-state index contributed by atoms with van der Waals surface area (Å²) >= 11 is 1.31. The number of amides is 1. The summed E-state index contributed by atoms with van der Waals surface area (Å²) in [5.74, 6) is 1.40. The van der Waals surface area contributed by atoms with Gasteiger partial charge in [0, 0.05) is 36.1 Å². The number of aromatic nitrogens is 2. The molecule has 2 aromatic heterocycles. The van der Waals surface area contributed by atoms with Gasteiger partial charge >= 0.3 is 0 Å². The monoisotopic (exact) mass is 504 g/mol. The number of fused-ring (bicyclic) bond motifs is 1. The van der Waals surface area contributed by atoms with E-state index in [-0.39, 0.29) is 24.1 Å². The molecule has 0 saturated carbocycles. The number of hydrogen-bond acceptors (Lipinski definition) is 9. The Balaban J connectivity index is 1.31. The number of anilines is 1. The van der Waals surface area contributed by atoms with Gasteiger partial charge in [-0.3, -0.25) is 4.79 Å². The molecular formula is C22H24N4O6S2. The first-order valence-electron chi connectivity index (χ1n) is 11.0. The molecule has 180 valence electrons. The predicted molar refractivity (Wildman–Crippen MR) is 124 cm³/mol. The second-order valence-electron chi connectivity index (χ2n) is 8.16. The Labute approximate surface area is 200 Å². The Kier molecular flexibility index (Phi) is 6.04. The minimum atomic E-state index is -3.78. The molecule has 0 aliphatic carbocycles. The minimum absolute atomic E-state index is 0.117. The maximum Gasteiger partial charge on any atom is 0.244 e. The molecule has 10 nitrogen and oxygen atoms in total. The number of ether oxygens (including phenoxy) is 2. The van der Waals surface area contributed by atoms with Gasteiger partial charge in [0.05, 0.1) is 15.7 Å². The lowest BCUT2D eigenvalue weighted by Crippen LogP contribution is -2.43. The van der Waals surface area contributed by atoms with Crippen LogP contribution in [0.1, 0.15) is 30.5 Å². The summed E-state index contributed by atoms with van der Waals surface area (Å²) in [6, 6.07) is 6.77. The number of benzene rings is 1. The lowest BCUT2D eigenvalue weighted by Gasteiger charge is -2.31. The van der Waals surface area contributed by atoms with Crippen LogP contribution in [0, 0.1) is 12.8 Å². The number of sulfonamides is 1. The number of rotatable bonds is 6. The van der Waals surface area contributed by atoms with Crippen LogP contribution >= 0.6 is 11.3 Å². The molecule has 1 saturated heterocycles. The van der Waals surface area contributed by atoms with Crippen molar-refractivity contribution in [3.8, 4) is 22.2 Å². The number of aryl methyl sites for hydroxylation is 2. The molecule has 1 amide bonds. The number of carbonyl (C=O) groups is 1. The highest BCUT2D eigenvalue weighted by atomic mass is 32.2. The van der Waals surface area contributed by atoms with Gasteiger partial charge in [-0.1, -0.05) is 12.1 Å². The van der Waals surface area contributed by atoms with Gasteiger partial charge in [-0.05, 0) is 38.0 Å². The highest BCUT2D eigenvalue weighted by Crippen LogP contribution is 2.36. The maximum atomic E-state index is 13.5. The van der Waals surface area contributed by atoms with Crippen LogP contribution in [0.15, 0.2) is 33.7 Å². The summed E-state index contributed by atoms with van der Waals surface area (Å²) < 4.78 is 44.2. The van der Waals surface area contributed by atoms with Gasteiger partial charge in [-0.2, -0.15) is 9.29 Å². The third-order valence-corrected chi connectivity index (χ3v) is 9.04.